The first-order chi connectivity index (χ1) is 11.2. The van der Waals surface area contributed by atoms with Crippen LogP contribution in [0.15, 0.2) is 34.9 Å². The molecule has 1 aromatic carbocycles. The van der Waals surface area contributed by atoms with Crippen molar-refractivity contribution in [3.8, 4) is 17.1 Å². The van der Waals surface area contributed by atoms with E-state index >= 15 is 0 Å². The Morgan fingerprint density at radius 2 is 2.04 bits per heavy atom. The Morgan fingerprint density at radius 1 is 1.35 bits per heavy atom. The standard InChI is InChI=1S/C17H20N2O4/c1-22-14-4-2-12(3-5-14)15-10-18-16(23-15)11-19-8-6-13(7-9-19)17(20)21/h2-5,10,13H,6-9,11H2,1H3,(H,20,21). The van der Waals surface area contributed by atoms with Gasteiger partial charge in [-0.2, -0.15) is 0 Å². The van der Waals surface area contributed by atoms with Gasteiger partial charge in [0.15, 0.2) is 5.76 Å². The number of rotatable bonds is 5. The second-order valence-corrected chi connectivity index (χ2v) is 5.74. The molecule has 0 unspecified atom stereocenters. The number of aliphatic carboxylic acids is 1. The van der Waals surface area contributed by atoms with Crippen molar-refractivity contribution < 1.29 is 19.1 Å². The number of carbonyl (C=O) groups is 1. The molecule has 23 heavy (non-hydrogen) atoms. The average Bonchev–Trinajstić information content (AvgIpc) is 3.04. The zero-order valence-corrected chi connectivity index (χ0v) is 13.1. The van der Waals surface area contributed by atoms with Crippen molar-refractivity contribution >= 4 is 5.97 Å². The predicted octanol–water partition coefficient (Wildman–Crippen LogP) is 2.65. The Labute approximate surface area is 134 Å². The molecule has 2 aromatic rings. The predicted molar refractivity (Wildman–Crippen MR) is 84.1 cm³/mol. The number of carboxylic acids is 1. The number of nitrogens with zero attached hydrogens (tertiary/aromatic N) is 2. The molecule has 1 aromatic heterocycles. The maximum absolute atomic E-state index is 11.0. The van der Waals surface area contributed by atoms with Crippen molar-refractivity contribution in [3.05, 3.63) is 36.4 Å². The molecule has 6 nitrogen and oxygen atoms in total. The lowest BCUT2D eigenvalue weighted by Gasteiger charge is -2.28. The highest BCUT2D eigenvalue weighted by atomic mass is 16.5. The van der Waals surface area contributed by atoms with Gasteiger partial charge in [0.2, 0.25) is 5.89 Å². The van der Waals surface area contributed by atoms with E-state index in [1.807, 2.05) is 24.3 Å². The first kappa shape index (κ1) is 15.6. The fourth-order valence-electron chi connectivity index (χ4n) is 2.80. The first-order valence-electron chi connectivity index (χ1n) is 7.70. The van der Waals surface area contributed by atoms with Crippen molar-refractivity contribution in [1.29, 1.82) is 0 Å². The highest BCUT2D eigenvalue weighted by Gasteiger charge is 2.25. The number of methoxy groups -OCH3 is 1. The molecule has 0 atom stereocenters. The van der Waals surface area contributed by atoms with Crippen LogP contribution >= 0.6 is 0 Å². The number of oxazole rings is 1. The van der Waals surface area contributed by atoms with Crippen LogP contribution in [0.4, 0.5) is 0 Å². The van der Waals surface area contributed by atoms with E-state index in [0.29, 0.717) is 25.3 Å². The smallest absolute Gasteiger partial charge is 0.306 e. The molecule has 1 aliphatic rings. The lowest BCUT2D eigenvalue weighted by molar-refractivity contribution is -0.143. The fraction of sp³-hybridized carbons (Fsp3) is 0.412. The number of ether oxygens (including phenoxy) is 1. The van der Waals surface area contributed by atoms with Crippen LogP contribution < -0.4 is 4.74 Å². The zero-order valence-electron chi connectivity index (χ0n) is 13.1. The maximum Gasteiger partial charge on any atom is 0.306 e. The van der Waals surface area contributed by atoms with Gasteiger partial charge in [-0.05, 0) is 50.2 Å². The van der Waals surface area contributed by atoms with Crippen LogP contribution in [0.1, 0.15) is 18.7 Å². The minimum absolute atomic E-state index is 0.217. The molecule has 1 fully saturated rings. The van der Waals surface area contributed by atoms with Crippen LogP contribution in [0.3, 0.4) is 0 Å². The van der Waals surface area contributed by atoms with Gasteiger partial charge >= 0.3 is 5.97 Å². The second-order valence-electron chi connectivity index (χ2n) is 5.74. The van der Waals surface area contributed by atoms with Gasteiger partial charge in [-0.25, -0.2) is 4.98 Å². The summed E-state index contributed by atoms with van der Waals surface area (Å²) >= 11 is 0. The van der Waals surface area contributed by atoms with Crippen molar-refractivity contribution in [2.75, 3.05) is 20.2 Å². The van der Waals surface area contributed by atoms with E-state index < -0.39 is 5.97 Å². The molecule has 0 spiro atoms. The average molecular weight is 316 g/mol. The van der Waals surface area contributed by atoms with E-state index in [1.165, 1.54) is 0 Å². The number of aromatic nitrogens is 1. The van der Waals surface area contributed by atoms with Crippen LogP contribution in [0.2, 0.25) is 0 Å². The second kappa shape index (κ2) is 6.83. The van der Waals surface area contributed by atoms with E-state index in [2.05, 4.69) is 9.88 Å². The van der Waals surface area contributed by atoms with E-state index in [1.54, 1.807) is 13.3 Å². The molecule has 0 bridgehead atoms. The SMILES string of the molecule is COc1ccc(-c2cnc(CN3CCC(C(=O)O)CC3)o2)cc1. The summed E-state index contributed by atoms with van der Waals surface area (Å²) in [5.74, 6) is 1.27. The number of piperidine rings is 1. The minimum Gasteiger partial charge on any atom is -0.497 e. The number of hydrogen-bond acceptors (Lipinski definition) is 5. The van der Waals surface area contributed by atoms with E-state index in [4.69, 9.17) is 14.3 Å². The van der Waals surface area contributed by atoms with Gasteiger partial charge in [0, 0.05) is 5.56 Å². The van der Waals surface area contributed by atoms with Gasteiger partial charge in [-0.1, -0.05) is 0 Å². The largest absolute Gasteiger partial charge is 0.497 e. The number of hydrogen-bond donors (Lipinski definition) is 1. The molecular weight excluding hydrogens is 296 g/mol. The highest BCUT2D eigenvalue weighted by molar-refractivity contribution is 5.70. The zero-order chi connectivity index (χ0) is 16.2. The summed E-state index contributed by atoms with van der Waals surface area (Å²) < 4.78 is 11.0. The van der Waals surface area contributed by atoms with Gasteiger partial charge < -0.3 is 14.3 Å². The Balaban J connectivity index is 1.60. The van der Waals surface area contributed by atoms with Crippen molar-refractivity contribution in [3.63, 3.8) is 0 Å². The summed E-state index contributed by atoms with van der Waals surface area (Å²) in [7, 11) is 1.63. The Bertz CT molecular complexity index is 657. The summed E-state index contributed by atoms with van der Waals surface area (Å²) in [6.07, 6.45) is 3.09. The summed E-state index contributed by atoms with van der Waals surface area (Å²) in [6, 6.07) is 7.63. The lowest BCUT2D eigenvalue weighted by atomic mass is 9.97. The minimum atomic E-state index is -0.692. The maximum atomic E-state index is 11.0. The van der Waals surface area contributed by atoms with Crippen LogP contribution in [0, 0.1) is 5.92 Å². The first-order valence-corrected chi connectivity index (χ1v) is 7.70. The van der Waals surface area contributed by atoms with Gasteiger partial charge in [0.1, 0.15) is 5.75 Å². The van der Waals surface area contributed by atoms with Gasteiger partial charge in [-0.3, -0.25) is 9.69 Å². The Morgan fingerprint density at radius 3 is 2.65 bits per heavy atom. The summed E-state index contributed by atoms with van der Waals surface area (Å²) in [6.45, 7) is 2.14. The highest BCUT2D eigenvalue weighted by Crippen LogP contribution is 2.24. The van der Waals surface area contributed by atoms with Crippen LogP contribution in [-0.4, -0.2) is 41.2 Å². The normalized spacial score (nSPS) is 16.4. The fourth-order valence-corrected chi connectivity index (χ4v) is 2.80. The Kier molecular flexibility index (Phi) is 4.62. The molecule has 0 radical (unpaired) electrons. The molecule has 6 heteroatoms. The van der Waals surface area contributed by atoms with Gasteiger partial charge in [-0.15, -0.1) is 0 Å². The summed E-state index contributed by atoms with van der Waals surface area (Å²) in [4.78, 5) is 17.5. The third kappa shape index (κ3) is 3.71. The molecule has 1 N–H and O–H groups in total. The molecule has 122 valence electrons. The number of likely N-dealkylation sites (tertiary alicyclic amines) is 1. The molecule has 3 rings (SSSR count). The third-order valence-corrected chi connectivity index (χ3v) is 4.22. The monoisotopic (exact) mass is 316 g/mol. The topological polar surface area (TPSA) is 75.8 Å². The lowest BCUT2D eigenvalue weighted by Crippen LogP contribution is -2.35. The molecule has 0 aliphatic carbocycles. The van der Waals surface area contributed by atoms with Crippen LogP contribution in [0.25, 0.3) is 11.3 Å². The molecule has 0 saturated carbocycles. The molecule has 0 amide bonds. The summed E-state index contributed by atoms with van der Waals surface area (Å²) in [5, 5.41) is 9.02. The van der Waals surface area contributed by atoms with Crippen molar-refractivity contribution in [2.45, 2.75) is 19.4 Å². The van der Waals surface area contributed by atoms with E-state index in [9.17, 15) is 4.79 Å². The molecule has 1 saturated heterocycles. The molecule has 1 aliphatic heterocycles. The third-order valence-electron chi connectivity index (χ3n) is 4.22. The molecular formula is C17H20N2O4. The number of benzene rings is 1. The van der Waals surface area contributed by atoms with E-state index in [-0.39, 0.29) is 5.92 Å². The van der Waals surface area contributed by atoms with Crippen LogP contribution in [-0.2, 0) is 11.3 Å². The van der Waals surface area contributed by atoms with E-state index in [0.717, 1.165) is 30.2 Å². The Hall–Kier alpha value is -2.34. The van der Waals surface area contributed by atoms with Gasteiger partial charge in [0.25, 0.3) is 0 Å². The van der Waals surface area contributed by atoms with Crippen LogP contribution in [0.5, 0.6) is 5.75 Å². The number of carboxylic acid groups (broad SMARTS) is 1. The van der Waals surface area contributed by atoms with Crippen molar-refractivity contribution in [2.24, 2.45) is 5.92 Å². The quantitative estimate of drug-likeness (QED) is 0.914. The molecule has 2 heterocycles. The van der Waals surface area contributed by atoms with Gasteiger partial charge in [0.05, 0.1) is 25.8 Å². The van der Waals surface area contributed by atoms with Crippen molar-refractivity contribution in [1.82, 2.24) is 9.88 Å². The summed E-state index contributed by atoms with van der Waals surface area (Å²) in [5.41, 5.74) is 0.953.